The summed E-state index contributed by atoms with van der Waals surface area (Å²) < 4.78 is 10.7. The molecule has 0 saturated heterocycles. The maximum Gasteiger partial charge on any atom is 0.251 e. The van der Waals surface area contributed by atoms with Gasteiger partial charge in [0.15, 0.2) is 0 Å². The molecule has 0 aliphatic carbocycles. The van der Waals surface area contributed by atoms with E-state index in [1.165, 1.54) is 6.33 Å². The largest absolute Gasteiger partial charge is 0.489 e. The third-order valence-electron chi connectivity index (χ3n) is 4.51. The average Bonchev–Trinajstić information content (AvgIpc) is 3.22. The monoisotopic (exact) mass is 388 g/mol. The summed E-state index contributed by atoms with van der Waals surface area (Å²) in [7, 11) is 3.47. The highest BCUT2D eigenvalue weighted by molar-refractivity contribution is 5.95. The standard InChI is InChI=1S/C18H24N6O4/c1-24-13(8-17(25)20-9-16-21-11-22-23-16)10-28-15-4-3-12(7-14(15)24)18(26)19-5-6-27-2/h3-4,7,11,13H,5-6,8-10H2,1-2H3,(H,19,26)(H,20,25)(H,21,22,23)/t13-/m0/s1. The molecule has 0 spiro atoms. The Balaban J connectivity index is 1.60. The number of aromatic amines is 1. The molecule has 1 aliphatic heterocycles. The fourth-order valence-electron chi connectivity index (χ4n) is 2.90. The molecule has 0 unspecified atom stereocenters. The second kappa shape index (κ2) is 9.18. The van der Waals surface area contributed by atoms with Crippen molar-refractivity contribution in [3.05, 3.63) is 35.9 Å². The molecule has 1 atom stereocenters. The summed E-state index contributed by atoms with van der Waals surface area (Å²) in [6, 6.07) is 5.13. The number of methoxy groups -OCH3 is 1. The number of nitrogens with one attached hydrogen (secondary N) is 3. The molecule has 3 N–H and O–H groups in total. The molecule has 3 rings (SSSR count). The van der Waals surface area contributed by atoms with Crippen molar-refractivity contribution < 1.29 is 19.1 Å². The predicted molar refractivity (Wildman–Crippen MR) is 101 cm³/mol. The maximum absolute atomic E-state index is 12.3. The quantitative estimate of drug-likeness (QED) is 0.548. The van der Waals surface area contributed by atoms with Crippen LogP contribution in [0.3, 0.4) is 0 Å². The van der Waals surface area contributed by atoms with Gasteiger partial charge in [0.25, 0.3) is 5.91 Å². The van der Waals surface area contributed by atoms with Crippen LogP contribution >= 0.6 is 0 Å². The number of aromatic nitrogens is 3. The lowest BCUT2D eigenvalue weighted by Crippen LogP contribution is -2.43. The second-order valence-electron chi connectivity index (χ2n) is 6.42. The van der Waals surface area contributed by atoms with Gasteiger partial charge in [0.2, 0.25) is 5.91 Å². The van der Waals surface area contributed by atoms with Crippen LogP contribution in [-0.4, -0.2) is 67.0 Å². The van der Waals surface area contributed by atoms with Crippen molar-refractivity contribution in [2.75, 3.05) is 38.8 Å². The molecular formula is C18H24N6O4. The predicted octanol–water partition coefficient (Wildman–Crippen LogP) is 0.0846. The number of benzene rings is 1. The van der Waals surface area contributed by atoms with Gasteiger partial charge in [-0.2, -0.15) is 5.10 Å². The van der Waals surface area contributed by atoms with Gasteiger partial charge in [-0.05, 0) is 18.2 Å². The van der Waals surface area contributed by atoms with Crippen molar-refractivity contribution in [2.24, 2.45) is 0 Å². The molecule has 10 nitrogen and oxygen atoms in total. The van der Waals surface area contributed by atoms with Gasteiger partial charge >= 0.3 is 0 Å². The number of carbonyl (C=O) groups excluding carboxylic acids is 2. The van der Waals surface area contributed by atoms with E-state index in [1.54, 1.807) is 25.3 Å². The number of rotatable bonds is 8. The van der Waals surface area contributed by atoms with Gasteiger partial charge in [-0.25, -0.2) is 4.98 Å². The lowest BCUT2D eigenvalue weighted by atomic mass is 10.1. The van der Waals surface area contributed by atoms with Crippen LogP contribution in [0.15, 0.2) is 24.5 Å². The first-order chi connectivity index (χ1) is 13.6. The van der Waals surface area contributed by atoms with Crippen LogP contribution in [0.25, 0.3) is 0 Å². The molecule has 0 fully saturated rings. The summed E-state index contributed by atoms with van der Waals surface area (Å²) in [5.74, 6) is 0.985. The van der Waals surface area contributed by atoms with Crippen molar-refractivity contribution in [1.29, 1.82) is 0 Å². The number of fused-ring (bicyclic) bond motifs is 1. The molecule has 2 aromatic rings. The zero-order valence-corrected chi connectivity index (χ0v) is 15.9. The van der Waals surface area contributed by atoms with E-state index in [0.29, 0.717) is 43.4 Å². The SMILES string of the molecule is COCCNC(=O)c1ccc2c(c1)N(C)[C@@H](CC(=O)NCc1ncn[nH]1)CO2. The van der Waals surface area contributed by atoms with E-state index in [4.69, 9.17) is 9.47 Å². The van der Waals surface area contributed by atoms with Crippen molar-refractivity contribution in [2.45, 2.75) is 19.0 Å². The molecule has 0 radical (unpaired) electrons. The van der Waals surface area contributed by atoms with Crippen LogP contribution in [0.4, 0.5) is 5.69 Å². The zero-order valence-electron chi connectivity index (χ0n) is 15.9. The summed E-state index contributed by atoms with van der Waals surface area (Å²) in [6.07, 6.45) is 1.65. The Labute approximate surface area is 162 Å². The van der Waals surface area contributed by atoms with Gasteiger partial charge in [0.1, 0.15) is 24.5 Å². The highest BCUT2D eigenvalue weighted by atomic mass is 16.5. The summed E-state index contributed by atoms with van der Waals surface area (Å²) in [4.78, 5) is 30.5. The van der Waals surface area contributed by atoms with Crippen LogP contribution in [0, 0.1) is 0 Å². The Bertz CT molecular complexity index is 810. The zero-order chi connectivity index (χ0) is 19.9. The van der Waals surface area contributed by atoms with Gasteiger partial charge in [-0.15, -0.1) is 0 Å². The van der Waals surface area contributed by atoms with E-state index < -0.39 is 0 Å². The number of nitrogens with zero attached hydrogens (tertiary/aromatic N) is 3. The van der Waals surface area contributed by atoms with E-state index in [1.807, 2.05) is 11.9 Å². The number of H-pyrrole nitrogens is 1. The molecule has 2 amide bonds. The number of ether oxygens (including phenoxy) is 2. The number of likely N-dealkylation sites (N-methyl/N-ethyl adjacent to an activating group) is 1. The van der Waals surface area contributed by atoms with Crippen LogP contribution in [-0.2, 0) is 16.1 Å². The van der Waals surface area contributed by atoms with Gasteiger partial charge < -0.3 is 25.0 Å². The van der Waals surface area contributed by atoms with E-state index in [9.17, 15) is 9.59 Å². The normalized spacial score (nSPS) is 15.5. The average molecular weight is 388 g/mol. The molecule has 28 heavy (non-hydrogen) atoms. The molecule has 10 heteroatoms. The molecule has 0 bridgehead atoms. The van der Waals surface area contributed by atoms with E-state index in [2.05, 4.69) is 25.8 Å². The van der Waals surface area contributed by atoms with Crippen LogP contribution < -0.4 is 20.3 Å². The van der Waals surface area contributed by atoms with Gasteiger partial charge in [0.05, 0.1) is 31.3 Å². The minimum Gasteiger partial charge on any atom is -0.489 e. The van der Waals surface area contributed by atoms with Crippen molar-refractivity contribution in [1.82, 2.24) is 25.8 Å². The van der Waals surface area contributed by atoms with Crippen LogP contribution in [0.1, 0.15) is 22.6 Å². The Hall–Kier alpha value is -3.14. The number of hydrogen-bond donors (Lipinski definition) is 3. The first-order valence-corrected chi connectivity index (χ1v) is 8.96. The van der Waals surface area contributed by atoms with Gasteiger partial charge in [0, 0.05) is 26.3 Å². The van der Waals surface area contributed by atoms with Crippen molar-refractivity contribution in [3.63, 3.8) is 0 Å². The topological polar surface area (TPSA) is 121 Å². The molecule has 150 valence electrons. The lowest BCUT2D eigenvalue weighted by molar-refractivity contribution is -0.121. The third-order valence-corrected chi connectivity index (χ3v) is 4.51. The lowest BCUT2D eigenvalue weighted by Gasteiger charge is -2.35. The number of carbonyl (C=O) groups is 2. The van der Waals surface area contributed by atoms with Crippen molar-refractivity contribution >= 4 is 17.5 Å². The van der Waals surface area contributed by atoms with Gasteiger partial charge in [-0.3, -0.25) is 14.7 Å². The number of anilines is 1. The fourth-order valence-corrected chi connectivity index (χ4v) is 2.90. The fraction of sp³-hybridized carbons (Fsp3) is 0.444. The van der Waals surface area contributed by atoms with Crippen LogP contribution in [0.5, 0.6) is 5.75 Å². The molecule has 1 aromatic carbocycles. The maximum atomic E-state index is 12.3. The Morgan fingerprint density at radius 3 is 3.00 bits per heavy atom. The van der Waals surface area contributed by atoms with E-state index >= 15 is 0 Å². The molecular weight excluding hydrogens is 364 g/mol. The Morgan fingerprint density at radius 1 is 1.39 bits per heavy atom. The first-order valence-electron chi connectivity index (χ1n) is 8.96. The van der Waals surface area contributed by atoms with Crippen molar-refractivity contribution in [3.8, 4) is 5.75 Å². The molecule has 2 heterocycles. The molecule has 1 aromatic heterocycles. The minimum atomic E-state index is -0.180. The summed E-state index contributed by atoms with van der Waals surface area (Å²) in [6.45, 7) is 1.56. The highest BCUT2D eigenvalue weighted by Crippen LogP contribution is 2.34. The first kappa shape index (κ1) is 19.6. The Morgan fingerprint density at radius 2 is 2.25 bits per heavy atom. The molecule has 0 saturated carbocycles. The number of hydrogen-bond acceptors (Lipinski definition) is 7. The summed E-state index contributed by atoms with van der Waals surface area (Å²) >= 11 is 0. The molecule has 1 aliphatic rings. The summed E-state index contributed by atoms with van der Waals surface area (Å²) in [5, 5.41) is 12.0. The Kier molecular flexibility index (Phi) is 6.43. The highest BCUT2D eigenvalue weighted by Gasteiger charge is 2.27. The minimum absolute atomic E-state index is 0.117. The van der Waals surface area contributed by atoms with E-state index in [0.717, 1.165) is 5.69 Å². The second-order valence-corrected chi connectivity index (χ2v) is 6.42. The van der Waals surface area contributed by atoms with Crippen LogP contribution in [0.2, 0.25) is 0 Å². The summed E-state index contributed by atoms with van der Waals surface area (Å²) in [5.41, 5.74) is 1.31. The smallest absolute Gasteiger partial charge is 0.251 e. The van der Waals surface area contributed by atoms with Gasteiger partial charge in [-0.1, -0.05) is 0 Å². The van der Waals surface area contributed by atoms with E-state index in [-0.39, 0.29) is 24.3 Å². The number of amides is 2. The third kappa shape index (κ3) is 4.77.